The maximum atomic E-state index is 13.1. The molecule has 0 atom stereocenters. The summed E-state index contributed by atoms with van der Waals surface area (Å²) < 4.78 is 16.1. The summed E-state index contributed by atoms with van der Waals surface area (Å²) in [5.41, 5.74) is 5.38. The third-order valence-electron chi connectivity index (χ3n) is 5.93. The van der Waals surface area contributed by atoms with E-state index >= 15 is 0 Å². The van der Waals surface area contributed by atoms with Gasteiger partial charge in [-0.2, -0.15) is 5.10 Å². The van der Waals surface area contributed by atoms with Gasteiger partial charge in [-0.15, -0.1) is 0 Å². The third-order valence-corrected chi connectivity index (χ3v) is 5.93. The number of benzene rings is 3. The van der Waals surface area contributed by atoms with Crippen LogP contribution in [0.5, 0.6) is 17.2 Å². The molecule has 0 bridgehead atoms. The molecule has 2 N–H and O–H groups in total. The number of hydrogen-bond acceptors (Lipinski definition) is 7. The zero-order chi connectivity index (χ0) is 28.2. The Bertz CT molecular complexity index is 1290. The van der Waals surface area contributed by atoms with Crippen LogP contribution in [0, 0.1) is 0 Å². The first-order chi connectivity index (χ1) is 18.9. The van der Waals surface area contributed by atoms with Crippen molar-refractivity contribution in [1.82, 2.24) is 10.7 Å². The molecule has 0 unspecified atom stereocenters. The van der Waals surface area contributed by atoms with E-state index in [9.17, 15) is 9.59 Å². The van der Waals surface area contributed by atoms with Gasteiger partial charge in [0.25, 0.3) is 11.8 Å². The lowest BCUT2D eigenvalue weighted by Crippen LogP contribution is -2.32. The van der Waals surface area contributed by atoms with Gasteiger partial charge in [0.05, 0.1) is 27.5 Å². The number of carbonyl (C=O) groups is 2. The number of carbonyl (C=O) groups excluding carboxylic acids is 2. The van der Waals surface area contributed by atoms with Gasteiger partial charge in [0.2, 0.25) is 5.75 Å². The fourth-order valence-electron chi connectivity index (χ4n) is 3.88. The van der Waals surface area contributed by atoms with Crippen LogP contribution in [0.4, 0.5) is 5.69 Å². The Morgan fingerprint density at radius 1 is 0.846 bits per heavy atom. The van der Waals surface area contributed by atoms with Gasteiger partial charge in [0, 0.05) is 29.9 Å². The molecule has 0 spiro atoms. The number of ether oxygens (including phenoxy) is 3. The molecule has 9 heteroatoms. The van der Waals surface area contributed by atoms with Crippen molar-refractivity contribution < 1.29 is 23.8 Å². The van der Waals surface area contributed by atoms with Gasteiger partial charge in [-0.3, -0.25) is 9.59 Å². The second-order valence-corrected chi connectivity index (χ2v) is 8.30. The molecule has 9 nitrogen and oxygen atoms in total. The first kappa shape index (κ1) is 28.8. The number of anilines is 1. The number of nitrogens with zero attached hydrogens (tertiary/aromatic N) is 2. The summed E-state index contributed by atoms with van der Waals surface area (Å²) in [6.45, 7) is 5.96. The van der Waals surface area contributed by atoms with E-state index in [2.05, 4.69) is 34.6 Å². The largest absolute Gasteiger partial charge is 0.493 e. The Labute approximate surface area is 229 Å². The number of methoxy groups -OCH3 is 3. The molecule has 3 aromatic carbocycles. The van der Waals surface area contributed by atoms with E-state index in [0.717, 1.165) is 24.3 Å². The maximum Gasteiger partial charge on any atom is 0.287 e. The zero-order valence-electron chi connectivity index (χ0n) is 22.9. The average molecular weight is 531 g/mol. The fraction of sp³-hybridized carbons (Fsp3) is 0.233. The highest BCUT2D eigenvalue weighted by Gasteiger charge is 2.15. The molecule has 0 heterocycles. The van der Waals surface area contributed by atoms with Crippen LogP contribution in [-0.4, -0.2) is 52.4 Å². The van der Waals surface area contributed by atoms with Crippen LogP contribution >= 0.6 is 0 Å². The number of hydrogen-bond donors (Lipinski definition) is 2. The summed E-state index contributed by atoms with van der Waals surface area (Å²) in [5.74, 6) is 0.352. The Hall–Kier alpha value is -4.79. The highest BCUT2D eigenvalue weighted by Crippen LogP contribution is 2.37. The highest BCUT2D eigenvalue weighted by molar-refractivity contribution is 6.05. The first-order valence-electron chi connectivity index (χ1n) is 12.5. The summed E-state index contributed by atoms with van der Waals surface area (Å²) in [6, 6.07) is 19.8. The van der Waals surface area contributed by atoms with Crippen molar-refractivity contribution in [1.29, 1.82) is 0 Å². The molecule has 39 heavy (non-hydrogen) atoms. The predicted octanol–water partition coefficient (Wildman–Crippen LogP) is 4.48. The predicted molar refractivity (Wildman–Crippen MR) is 154 cm³/mol. The van der Waals surface area contributed by atoms with Gasteiger partial charge < -0.3 is 24.4 Å². The van der Waals surface area contributed by atoms with E-state index in [0.29, 0.717) is 28.4 Å². The molecule has 0 aromatic heterocycles. The molecule has 2 amide bonds. The molecule has 0 saturated carbocycles. The van der Waals surface area contributed by atoms with Crippen molar-refractivity contribution in [3.63, 3.8) is 0 Å². The van der Waals surface area contributed by atoms with E-state index in [4.69, 9.17) is 14.2 Å². The second-order valence-electron chi connectivity index (χ2n) is 8.30. The normalized spacial score (nSPS) is 11.2. The Balaban J connectivity index is 1.86. The molecule has 3 rings (SSSR count). The lowest BCUT2D eigenvalue weighted by Gasteiger charge is -2.21. The maximum absolute atomic E-state index is 13.1. The lowest BCUT2D eigenvalue weighted by atomic mass is 10.1. The van der Waals surface area contributed by atoms with Crippen molar-refractivity contribution in [2.24, 2.45) is 5.10 Å². The zero-order valence-corrected chi connectivity index (χ0v) is 22.9. The molecule has 0 aliphatic heterocycles. The second kappa shape index (κ2) is 14.2. The van der Waals surface area contributed by atoms with Crippen LogP contribution in [-0.2, 0) is 4.79 Å². The van der Waals surface area contributed by atoms with Crippen LogP contribution in [0.15, 0.2) is 77.5 Å². The van der Waals surface area contributed by atoms with Crippen molar-refractivity contribution in [2.45, 2.75) is 13.8 Å². The lowest BCUT2D eigenvalue weighted by molar-refractivity contribution is -0.117. The smallest absolute Gasteiger partial charge is 0.287 e. The highest BCUT2D eigenvalue weighted by atomic mass is 16.5. The van der Waals surface area contributed by atoms with Crippen LogP contribution in [0.25, 0.3) is 6.08 Å². The van der Waals surface area contributed by atoms with Gasteiger partial charge >= 0.3 is 0 Å². The van der Waals surface area contributed by atoms with Crippen LogP contribution < -0.4 is 29.9 Å². The number of amides is 2. The summed E-state index contributed by atoms with van der Waals surface area (Å²) in [4.78, 5) is 28.2. The minimum absolute atomic E-state index is 0.0430. The molecule has 0 saturated heterocycles. The molecule has 0 fully saturated rings. The minimum Gasteiger partial charge on any atom is -0.493 e. The molecule has 0 aliphatic rings. The van der Waals surface area contributed by atoms with Gasteiger partial charge in [-0.25, -0.2) is 5.43 Å². The third kappa shape index (κ3) is 7.61. The summed E-state index contributed by atoms with van der Waals surface area (Å²) in [7, 11) is 4.55. The van der Waals surface area contributed by atoms with Crippen molar-refractivity contribution in [3.05, 3.63) is 89.1 Å². The van der Waals surface area contributed by atoms with Crippen molar-refractivity contribution >= 4 is 29.8 Å². The topological polar surface area (TPSA) is 101 Å². The Morgan fingerprint density at radius 2 is 1.46 bits per heavy atom. The summed E-state index contributed by atoms with van der Waals surface area (Å²) in [5, 5.41) is 6.79. The van der Waals surface area contributed by atoms with Gasteiger partial charge in [0.15, 0.2) is 11.5 Å². The molecule has 3 aromatic rings. The molecule has 204 valence electrons. The molecule has 0 aliphatic carbocycles. The Morgan fingerprint density at radius 3 is 2.00 bits per heavy atom. The first-order valence-corrected chi connectivity index (χ1v) is 12.5. The molecular formula is C30H34N4O5. The summed E-state index contributed by atoms with van der Waals surface area (Å²) >= 11 is 0. The van der Waals surface area contributed by atoms with Crippen molar-refractivity contribution in [2.75, 3.05) is 39.3 Å². The standard InChI is InChI=1S/C30H34N4O5/c1-6-34(7-2)24-15-13-21(14-16-24)17-25(32-29(35)23-11-9-8-10-12-23)30(36)33-31-20-22-18-26(37-3)28(39-5)27(19-22)38-4/h8-20H,6-7H2,1-5H3,(H,32,35)(H,33,36)/b25-17+,31-20?. The quantitative estimate of drug-likeness (QED) is 0.203. The van der Waals surface area contributed by atoms with Gasteiger partial charge in [-0.05, 0) is 61.9 Å². The fourth-order valence-corrected chi connectivity index (χ4v) is 3.88. The van der Waals surface area contributed by atoms with E-state index in [-0.39, 0.29) is 5.70 Å². The summed E-state index contributed by atoms with van der Waals surface area (Å²) in [6.07, 6.45) is 3.05. The molecular weight excluding hydrogens is 496 g/mol. The van der Waals surface area contributed by atoms with Crippen LogP contribution in [0.2, 0.25) is 0 Å². The number of nitrogens with one attached hydrogen (secondary N) is 2. The van der Waals surface area contributed by atoms with E-state index in [1.54, 1.807) is 42.5 Å². The number of hydrazone groups is 1. The van der Waals surface area contributed by atoms with Gasteiger partial charge in [0.1, 0.15) is 5.70 Å². The van der Waals surface area contributed by atoms with E-state index in [1.807, 2.05) is 30.3 Å². The SMILES string of the molecule is CCN(CC)c1ccc(/C=C(/NC(=O)c2ccccc2)C(=O)NN=Cc2cc(OC)c(OC)c(OC)c2)cc1. The van der Waals surface area contributed by atoms with Gasteiger partial charge in [-0.1, -0.05) is 30.3 Å². The molecule has 0 radical (unpaired) electrons. The van der Waals surface area contributed by atoms with Crippen LogP contribution in [0.3, 0.4) is 0 Å². The minimum atomic E-state index is -0.587. The van der Waals surface area contributed by atoms with E-state index in [1.165, 1.54) is 27.5 Å². The number of rotatable bonds is 12. The Kier molecular flexibility index (Phi) is 10.5. The van der Waals surface area contributed by atoms with E-state index < -0.39 is 11.8 Å². The monoisotopic (exact) mass is 530 g/mol. The average Bonchev–Trinajstić information content (AvgIpc) is 2.97. The van der Waals surface area contributed by atoms with Crippen molar-refractivity contribution in [3.8, 4) is 17.2 Å². The van der Waals surface area contributed by atoms with Crippen LogP contribution in [0.1, 0.15) is 35.3 Å².